The van der Waals surface area contributed by atoms with Crippen LogP contribution in [0.4, 0.5) is 0 Å². The number of aryl methyl sites for hydroxylation is 1. The molecule has 186 valence electrons. The number of nitrogens with zero attached hydrogens (tertiary/aromatic N) is 3. The van der Waals surface area contributed by atoms with Gasteiger partial charge in [-0.05, 0) is 58.2 Å². The molecule has 6 nitrogen and oxygen atoms in total. The van der Waals surface area contributed by atoms with Crippen LogP contribution >= 0.6 is 0 Å². The lowest BCUT2D eigenvalue weighted by Crippen LogP contribution is -2.51. The predicted octanol–water partition coefficient (Wildman–Crippen LogP) is 4.64. The Balaban J connectivity index is 1.75. The highest BCUT2D eigenvalue weighted by molar-refractivity contribution is 5.86. The van der Waals surface area contributed by atoms with Gasteiger partial charge in [0.2, 0.25) is 11.8 Å². The highest BCUT2D eigenvalue weighted by Crippen LogP contribution is 2.27. The van der Waals surface area contributed by atoms with E-state index in [0.717, 1.165) is 37.9 Å². The van der Waals surface area contributed by atoms with Crippen LogP contribution < -0.4 is 0 Å². The van der Waals surface area contributed by atoms with Crippen molar-refractivity contribution < 1.29 is 14.3 Å². The minimum Gasteiger partial charge on any atom is -0.383 e. The van der Waals surface area contributed by atoms with Crippen molar-refractivity contribution in [1.82, 2.24) is 14.4 Å². The molecule has 0 radical (unpaired) electrons. The average molecular weight is 468 g/mol. The first kappa shape index (κ1) is 26.0. The van der Waals surface area contributed by atoms with E-state index in [0.29, 0.717) is 19.7 Å². The van der Waals surface area contributed by atoms with Crippen LogP contribution in [0.5, 0.6) is 0 Å². The molecule has 2 aromatic rings. The third-order valence-electron chi connectivity index (χ3n) is 6.70. The second kappa shape index (κ2) is 11.7. The largest absolute Gasteiger partial charge is 0.383 e. The fourth-order valence-electron chi connectivity index (χ4n) is 4.76. The molecule has 0 atom stereocenters. The first-order chi connectivity index (χ1) is 16.2. The Morgan fingerprint density at radius 3 is 2.50 bits per heavy atom. The number of carbonyl (C=O) groups excluding carboxylic acids is 2. The van der Waals surface area contributed by atoms with E-state index in [-0.39, 0.29) is 29.8 Å². The number of aromatic nitrogens is 1. The molecule has 1 aromatic heterocycles. The number of carbonyl (C=O) groups is 2. The van der Waals surface area contributed by atoms with Crippen LogP contribution in [0.25, 0.3) is 0 Å². The van der Waals surface area contributed by atoms with Crippen LogP contribution in [0, 0.1) is 12.8 Å². The van der Waals surface area contributed by atoms with Crippen LogP contribution in [0.15, 0.2) is 42.6 Å². The number of rotatable bonds is 10. The van der Waals surface area contributed by atoms with E-state index < -0.39 is 0 Å². The summed E-state index contributed by atoms with van der Waals surface area (Å²) in [5.74, 6) is 0.108. The zero-order chi connectivity index (χ0) is 24.7. The molecule has 1 aromatic carbocycles. The highest BCUT2D eigenvalue weighted by atomic mass is 16.5. The maximum atomic E-state index is 13.6. The van der Waals surface area contributed by atoms with Gasteiger partial charge in [-0.2, -0.15) is 0 Å². The first-order valence-corrected chi connectivity index (χ1v) is 12.5. The smallest absolute Gasteiger partial charge is 0.242 e. The fourth-order valence-corrected chi connectivity index (χ4v) is 4.76. The van der Waals surface area contributed by atoms with Crippen LogP contribution in [0.1, 0.15) is 63.3 Å². The molecule has 0 unspecified atom stereocenters. The van der Waals surface area contributed by atoms with Crippen molar-refractivity contribution in [3.63, 3.8) is 0 Å². The Bertz CT molecular complexity index is 954. The number of hydrogen-bond donors (Lipinski definition) is 0. The highest BCUT2D eigenvalue weighted by Gasteiger charge is 2.32. The molecule has 6 heteroatoms. The van der Waals surface area contributed by atoms with Gasteiger partial charge in [0, 0.05) is 43.5 Å². The topological polar surface area (TPSA) is 54.8 Å². The van der Waals surface area contributed by atoms with Crippen LogP contribution in [-0.4, -0.2) is 58.5 Å². The molecule has 0 saturated heterocycles. The number of benzene rings is 1. The molecule has 3 rings (SSSR count). The van der Waals surface area contributed by atoms with Gasteiger partial charge < -0.3 is 19.1 Å². The summed E-state index contributed by atoms with van der Waals surface area (Å²) >= 11 is 0. The van der Waals surface area contributed by atoms with Crippen LogP contribution in [0.2, 0.25) is 0 Å². The van der Waals surface area contributed by atoms with Gasteiger partial charge in [-0.1, -0.05) is 42.7 Å². The third-order valence-corrected chi connectivity index (χ3v) is 6.70. The molecule has 1 aliphatic carbocycles. The molecule has 0 spiro atoms. The number of ether oxygens (including phenoxy) is 1. The molecule has 2 amide bonds. The third kappa shape index (κ3) is 6.95. The van der Waals surface area contributed by atoms with E-state index >= 15 is 0 Å². The summed E-state index contributed by atoms with van der Waals surface area (Å²) in [4.78, 5) is 30.4. The standard InChI is InChI=1S/C28H41N3O3/c1-22-10-8-11-23(18-22)19-29-15-9-14-25(29)20-31(28(2,3)4)26(32)21-30(16-17-34-5)27(33)24-12-6-7-13-24/h8-11,14-15,18,24H,6-7,12-13,16-17,19-21H2,1-5H3. The second-order valence-electron chi connectivity index (χ2n) is 10.5. The van der Waals surface area contributed by atoms with Crippen LogP contribution in [0.3, 0.4) is 0 Å². The van der Waals surface area contributed by atoms with Gasteiger partial charge in [-0.15, -0.1) is 0 Å². The monoisotopic (exact) mass is 467 g/mol. The molecule has 1 heterocycles. The van der Waals surface area contributed by atoms with Gasteiger partial charge in [-0.25, -0.2) is 0 Å². The van der Waals surface area contributed by atoms with E-state index in [1.165, 1.54) is 11.1 Å². The van der Waals surface area contributed by atoms with Gasteiger partial charge in [0.1, 0.15) is 0 Å². The van der Waals surface area contributed by atoms with Gasteiger partial charge in [0.25, 0.3) is 0 Å². The van der Waals surface area contributed by atoms with Crippen molar-refractivity contribution in [2.24, 2.45) is 5.92 Å². The Morgan fingerprint density at radius 1 is 1.12 bits per heavy atom. The maximum Gasteiger partial charge on any atom is 0.242 e. The summed E-state index contributed by atoms with van der Waals surface area (Å²) in [6, 6.07) is 12.6. The SMILES string of the molecule is COCCN(CC(=O)N(Cc1cccn1Cc1cccc(C)c1)C(C)(C)C)C(=O)C1CCCC1. The molecule has 0 bridgehead atoms. The Labute approximate surface area is 204 Å². The molecule has 0 aliphatic heterocycles. The number of methoxy groups -OCH3 is 1. The van der Waals surface area contributed by atoms with Crippen molar-refractivity contribution in [1.29, 1.82) is 0 Å². The zero-order valence-electron chi connectivity index (χ0n) is 21.5. The summed E-state index contributed by atoms with van der Waals surface area (Å²) in [6.45, 7) is 10.5. The Kier molecular flexibility index (Phi) is 8.95. The molecule has 0 N–H and O–H groups in total. The van der Waals surface area contributed by atoms with Crippen molar-refractivity contribution >= 4 is 11.8 Å². The maximum absolute atomic E-state index is 13.6. The molecular formula is C28H41N3O3. The molecule has 1 fully saturated rings. The number of hydrogen-bond acceptors (Lipinski definition) is 3. The quantitative estimate of drug-likeness (QED) is 0.512. The lowest BCUT2D eigenvalue weighted by molar-refractivity contribution is -0.146. The molecule has 34 heavy (non-hydrogen) atoms. The van der Waals surface area contributed by atoms with Gasteiger partial charge in [-0.3, -0.25) is 9.59 Å². The van der Waals surface area contributed by atoms with Crippen molar-refractivity contribution in [3.05, 3.63) is 59.4 Å². The van der Waals surface area contributed by atoms with E-state index in [1.807, 2.05) is 11.0 Å². The minimum atomic E-state index is -0.376. The predicted molar refractivity (Wildman–Crippen MR) is 135 cm³/mol. The van der Waals surface area contributed by atoms with Crippen molar-refractivity contribution in [2.45, 2.75) is 72.0 Å². The summed E-state index contributed by atoms with van der Waals surface area (Å²) in [5, 5.41) is 0. The van der Waals surface area contributed by atoms with E-state index in [4.69, 9.17) is 4.74 Å². The Morgan fingerprint density at radius 2 is 1.85 bits per heavy atom. The minimum absolute atomic E-state index is 0.0294. The summed E-state index contributed by atoms with van der Waals surface area (Å²) < 4.78 is 7.44. The van der Waals surface area contributed by atoms with Crippen LogP contribution in [-0.2, 0) is 27.4 Å². The first-order valence-electron chi connectivity index (χ1n) is 12.5. The van der Waals surface area contributed by atoms with E-state index in [9.17, 15) is 9.59 Å². The van der Waals surface area contributed by atoms with Gasteiger partial charge in [0.05, 0.1) is 19.7 Å². The lowest BCUT2D eigenvalue weighted by atomic mass is 10.0. The molecule has 1 aliphatic rings. The summed E-state index contributed by atoms with van der Waals surface area (Å²) in [5.41, 5.74) is 3.17. The Hall–Kier alpha value is -2.60. The molecular weight excluding hydrogens is 426 g/mol. The van der Waals surface area contributed by atoms with E-state index in [2.05, 4.69) is 68.8 Å². The van der Waals surface area contributed by atoms with Gasteiger partial charge in [0.15, 0.2) is 0 Å². The van der Waals surface area contributed by atoms with E-state index in [1.54, 1.807) is 12.0 Å². The molecule has 1 saturated carbocycles. The summed E-state index contributed by atoms with van der Waals surface area (Å²) in [6.07, 6.45) is 6.10. The van der Waals surface area contributed by atoms with Gasteiger partial charge >= 0.3 is 0 Å². The second-order valence-corrected chi connectivity index (χ2v) is 10.5. The fraction of sp³-hybridized carbons (Fsp3) is 0.571. The average Bonchev–Trinajstić information content (AvgIpc) is 3.46. The zero-order valence-corrected chi connectivity index (χ0v) is 21.5. The summed E-state index contributed by atoms with van der Waals surface area (Å²) in [7, 11) is 1.63. The number of amides is 2. The van der Waals surface area contributed by atoms with Crippen molar-refractivity contribution in [2.75, 3.05) is 26.8 Å². The lowest BCUT2D eigenvalue weighted by Gasteiger charge is -2.38. The van der Waals surface area contributed by atoms with Crippen molar-refractivity contribution in [3.8, 4) is 0 Å². The normalized spacial score (nSPS) is 14.4.